The van der Waals surface area contributed by atoms with E-state index >= 15 is 0 Å². The van der Waals surface area contributed by atoms with E-state index in [1.54, 1.807) is 24.3 Å². The highest BCUT2D eigenvalue weighted by molar-refractivity contribution is 5.96. The molecule has 0 aliphatic rings. The Labute approximate surface area is 96.9 Å². The summed E-state index contributed by atoms with van der Waals surface area (Å²) in [4.78, 5) is 15.3. The number of Topliss-reactive ketones (excluding diaryl/α,β-unsaturated/α-hetero) is 1. The van der Waals surface area contributed by atoms with E-state index in [1.807, 2.05) is 0 Å². The Morgan fingerprint density at radius 1 is 1.35 bits per heavy atom. The number of nitrogens with zero attached hydrogens (tertiary/aromatic N) is 1. The maximum Gasteiger partial charge on any atom is 0.169 e. The predicted molar refractivity (Wildman–Crippen MR) is 57.5 cm³/mol. The largest absolute Gasteiger partial charge is 0.294 e. The summed E-state index contributed by atoms with van der Waals surface area (Å²) in [6, 6.07) is 10.1. The quantitative estimate of drug-likeness (QED) is 0.761. The highest BCUT2D eigenvalue weighted by Crippen LogP contribution is 2.10. The molecule has 1 heterocycles. The van der Waals surface area contributed by atoms with Crippen molar-refractivity contribution in [3.8, 4) is 0 Å². The minimum absolute atomic E-state index is 0.0614. The average molecular weight is 232 g/mol. The summed E-state index contributed by atoms with van der Waals surface area (Å²) in [5.41, 5.74) is 0.298. The van der Waals surface area contributed by atoms with Gasteiger partial charge in [0.25, 0.3) is 0 Å². The second-order valence-electron chi connectivity index (χ2n) is 3.46. The van der Waals surface area contributed by atoms with Crippen LogP contribution in [0.2, 0.25) is 0 Å². The molecule has 0 unspecified atom stereocenters. The molecule has 0 aliphatic carbocycles. The Balaban J connectivity index is 2.19. The first-order valence-electron chi connectivity index (χ1n) is 4.96. The minimum atomic E-state index is -0.811. The monoisotopic (exact) mass is 232 g/mol. The van der Waals surface area contributed by atoms with Gasteiger partial charge in [-0.2, -0.15) is 0 Å². The molecule has 0 spiro atoms. The molecule has 0 saturated heterocycles. The van der Waals surface area contributed by atoms with Crippen molar-refractivity contribution in [3.63, 3.8) is 0 Å². The van der Waals surface area contributed by atoms with Crippen LogP contribution in [0.5, 0.6) is 0 Å². The normalized spacial score (nSPS) is 10.2. The fourth-order valence-electron chi connectivity index (χ4n) is 1.39. The van der Waals surface area contributed by atoms with Crippen LogP contribution in [0, 0.1) is 17.7 Å². The number of hydrogen-bond acceptors (Lipinski definition) is 2. The van der Waals surface area contributed by atoms with Crippen LogP contribution in [0.15, 0.2) is 36.5 Å². The van der Waals surface area contributed by atoms with E-state index in [0.717, 1.165) is 6.20 Å². The highest BCUT2D eigenvalue weighted by Gasteiger charge is 2.12. The lowest BCUT2D eigenvalue weighted by atomic mass is 10.1. The summed E-state index contributed by atoms with van der Waals surface area (Å²) in [7, 11) is 0. The van der Waals surface area contributed by atoms with Gasteiger partial charge >= 0.3 is 0 Å². The molecule has 1 radical (unpaired) electrons. The van der Waals surface area contributed by atoms with Gasteiger partial charge in [0.05, 0.1) is 18.3 Å². The number of rotatable bonds is 3. The van der Waals surface area contributed by atoms with Crippen molar-refractivity contribution in [1.82, 2.24) is 4.98 Å². The molecular weight excluding hydrogens is 224 g/mol. The first kappa shape index (κ1) is 11.4. The van der Waals surface area contributed by atoms with E-state index < -0.39 is 11.6 Å². The Bertz CT molecular complexity index is 540. The van der Waals surface area contributed by atoms with Crippen molar-refractivity contribution in [1.29, 1.82) is 0 Å². The van der Waals surface area contributed by atoms with Gasteiger partial charge in [0.15, 0.2) is 5.78 Å². The zero-order valence-electron chi connectivity index (χ0n) is 8.78. The molecular formula is C13H8F2NO. The molecule has 4 heteroatoms. The zero-order chi connectivity index (χ0) is 12.3. The number of benzene rings is 1. The van der Waals surface area contributed by atoms with Crippen LogP contribution in [0.25, 0.3) is 0 Å². The molecule has 2 rings (SSSR count). The van der Waals surface area contributed by atoms with E-state index in [9.17, 15) is 13.6 Å². The zero-order valence-corrected chi connectivity index (χ0v) is 8.78. The summed E-state index contributed by atoms with van der Waals surface area (Å²) in [5, 5.41) is 0. The van der Waals surface area contributed by atoms with Gasteiger partial charge in [0.2, 0.25) is 0 Å². The number of carbonyl (C=O) groups is 1. The number of halogens is 2. The van der Waals surface area contributed by atoms with Gasteiger partial charge in [0, 0.05) is 11.6 Å². The Morgan fingerprint density at radius 3 is 2.82 bits per heavy atom. The maximum absolute atomic E-state index is 13.3. The van der Waals surface area contributed by atoms with Gasteiger partial charge < -0.3 is 0 Å². The fraction of sp³-hybridized carbons (Fsp3) is 0.0769. The summed E-state index contributed by atoms with van der Waals surface area (Å²) in [5.74, 6) is -1.87. The minimum Gasteiger partial charge on any atom is -0.294 e. The van der Waals surface area contributed by atoms with Crippen molar-refractivity contribution in [2.24, 2.45) is 0 Å². The fourth-order valence-corrected chi connectivity index (χ4v) is 1.39. The summed E-state index contributed by atoms with van der Waals surface area (Å²) in [6.07, 6.45) is 0.688. The summed E-state index contributed by atoms with van der Waals surface area (Å²) < 4.78 is 25.9. The molecule has 0 atom stereocenters. The van der Waals surface area contributed by atoms with Gasteiger partial charge in [-0.25, -0.2) is 8.78 Å². The molecule has 2 nitrogen and oxygen atoms in total. The van der Waals surface area contributed by atoms with Crippen LogP contribution in [0.3, 0.4) is 0 Å². The highest BCUT2D eigenvalue weighted by atomic mass is 19.1. The van der Waals surface area contributed by atoms with E-state index in [4.69, 9.17) is 0 Å². The molecule has 85 valence electrons. The smallest absolute Gasteiger partial charge is 0.169 e. The lowest BCUT2D eigenvalue weighted by molar-refractivity contribution is 0.0990. The van der Waals surface area contributed by atoms with Crippen LogP contribution in [0.4, 0.5) is 8.78 Å². The first-order chi connectivity index (χ1) is 8.16. The number of aromatic nitrogens is 1. The summed E-state index contributed by atoms with van der Waals surface area (Å²) >= 11 is 0. The molecule has 0 fully saturated rings. The van der Waals surface area contributed by atoms with E-state index in [2.05, 4.69) is 11.1 Å². The molecule has 2 aromatic rings. The predicted octanol–water partition coefficient (Wildman–Crippen LogP) is 2.59. The third kappa shape index (κ3) is 2.72. The molecule has 0 N–H and O–H groups in total. The van der Waals surface area contributed by atoms with Gasteiger partial charge in [-0.15, -0.1) is 0 Å². The van der Waals surface area contributed by atoms with E-state index in [1.165, 1.54) is 0 Å². The second-order valence-corrected chi connectivity index (χ2v) is 3.46. The number of ketones is 1. The van der Waals surface area contributed by atoms with Crippen molar-refractivity contribution < 1.29 is 13.6 Å². The topological polar surface area (TPSA) is 30.0 Å². The first-order valence-corrected chi connectivity index (χ1v) is 4.96. The molecule has 0 amide bonds. The number of carbonyl (C=O) groups excluding carboxylic acids is 1. The van der Waals surface area contributed by atoms with Crippen LogP contribution in [-0.4, -0.2) is 10.8 Å². The van der Waals surface area contributed by atoms with Crippen molar-refractivity contribution in [3.05, 3.63) is 65.5 Å². The molecule has 0 bridgehead atoms. The Hall–Kier alpha value is -2.10. The third-order valence-corrected chi connectivity index (χ3v) is 2.22. The van der Waals surface area contributed by atoms with Crippen LogP contribution >= 0.6 is 0 Å². The SMILES string of the molecule is O=C(Cc1ncc(F)cc1F)c1[c]cccc1. The standard InChI is InChI=1S/C13H8F2NO/c14-10-6-11(15)12(16-8-10)7-13(17)9-4-2-1-3-5-9/h1-4,6,8H,7H2. The van der Waals surface area contributed by atoms with Crippen molar-refractivity contribution in [2.45, 2.75) is 6.42 Å². The van der Waals surface area contributed by atoms with Crippen molar-refractivity contribution in [2.75, 3.05) is 0 Å². The van der Waals surface area contributed by atoms with Gasteiger partial charge in [-0.05, 0) is 6.07 Å². The molecule has 1 aromatic carbocycles. The van der Waals surface area contributed by atoms with Crippen LogP contribution < -0.4 is 0 Å². The van der Waals surface area contributed by atoms with Gasteiger partial charge in [-0.1, -0.05) is 24.3 Å². The third-order valence-electron chi connectivity index (χ3n) is 2.22. The average Bonchev–Trinajstić information content (AvgIpc) is 2.34. The van der Waals surface area contributed by atoms with Crippen molar-refractivity contribution >= 4 is 5.78 Å². The Morgan fingerprint density at radius 2 is 2.18 bits per heavy atom. The molecule has 1 aromatic heterocycles. The van der Waals surface area contributed by atoms with E-state index in [-0.39, 0.29) is 17.9 Å². The van der Waals surface area contributed by atoms with Gasteiger partial charge in [-0.3, -0.25) is 9.78 Å². The second kappa shape index (κ2) is 4.82. The van der Waals surface area contributed by atoms with Gasteiger partial charge in [0.1, 0.15) is 11.6 Å². The summed E-state index contributed by atoms with van der Waals surface area (Å²) in [6.45, 7) is 0. The number of pyridine rings is 1. The van der Waals surface area contributed by atoms with Crippen LogP contribution in [-0.2, 0) is 6.42 Å². The molecule has 17 heavy (non-hydrogen) atoms. The van der Waals surface area contributed by atoms with E-state index in [0.29, 0.717) is 11.6 Å². The lowest BCUT2D eigenvalue weighted by Crippen LogP contribution is -2.07. The maximum atomic E-state index is 13.3. The molecule has 0 aliphatic heterocycles. The Kier molecular flexibility index (Phi) is 3.23. The number of hydrogen-bond donors (Lipinski definition) is 0. The molecule has 0 saturated carbocycles. The van der Waals surface area contributed by atoms with Crippen LogP contribution in [0.1, 0.15) is 16.1 Å². The lowest BCUT2D eigenvalue weighted by Gasteiger charge is -2.01.